The van der Waals surface area contributed by atoms with Gasteiger partial charge in [0.25, 0.3) is 0 Å². The molecule has 0 bridgehead atoms. The summed E-state index contributed by atoms with van der Waals surface area (Å²) >= 11 is 0. The van der Waals surface area contributed by atoms with Gasteiger partial charge < -0.3 is 15.4 Å². The molecule has 4 nitrogen and oxygen atoms in total. The number of nitrogens with zero attached hydrogens (tertiary/aromatic N) is 2. The molecule has 1 fully saturated rings. The van der Waals surface area contributed by atoms with E-state index in [0.717, 1.165) is 26.1 Å². The van der Waals surface area contributed by atoms with Crippen LogP contribution < -0.4 is 10.6 Å². The molecule has 1 atom stereocenters. The minimum Gasteiger partial charge on any atom is -0.383 e. The summed E-state index contributed by atoms with van der Waals surface area (Å²) < 4.78 is 5.28. The number of hydrogen-bond acceptors (Lipinski definition) is 4. The molecule has 0 aromatic heterocycles. The summed E-state index contributed by atoms with van der Waals surface area (Å²) in [4.78, 5) is 4.88. The Kier molecular flexibility index (Phi) is 4.48. The van der Waals surface area contributed by atoms with E-state index in [1.165, 1.54) is 29.7 Å². The van der Waals surface area contributed by atoms with Crippen molar-refractivity contribution < 1.29 is 4.74 Å². The monoisotopic (exact) mass is 289 g/mol. The lowest BCUT2D eigenvalue weighted by molar-refractivity contribution is 0.115. The smallest absolute Gasteiger partial charge is 0.0590 e. The Morgan fingerprint density at radius 3 is 2.90 bits per heavy atom. The highest BCUT2D eigenvalue weighted by Gasteiger charge is 2.34. The topological polar surface area (TPSA) is 41.7 Å². The molecule has 2 aliphatic rings. The fourth-order valence-electron chi connectivity index (χ4n) is 3.45. The van der Waals surface area contributed by atoms with Crippen molar-refractivity contribution in [2.75, 3.05) is 45.3 Å². The van der Waals surface area contributed by atoms with Crippen LogP contribution in [0.25, 0.3) is 0 Å². The van der Waals surface area contributed by atoms with Crippen molar-refractivity contribution in [3.63, 3.8) is 0 Å². The molecule has 1 saturated carbocycles. The van der Waals surface area contributed by atoms with Crippen LogP contribution in [0.15, 0.2) is 18.2 Å². The molecule has 0 amide bonds. The molecule has 116 valence electrons. The van der Waals surface area contributed by atoms with Crippen LogP contribution in [0.1, 0.15) is 30.0 Å². The van der Waals surface area contributed by atoms with Gasteiger partial charge in [0, 0.05) is 51.6 Å². The van der Waals surface area contributed by atoms with Crippen LogP contribution in [-0.2, 0) is 11.2 Å². The summed E-state index contributed by atoms with van der Waals surface area (Å²) in [6.45, 7) is 3.55. The SMILES string of the molecule is COCCN(C1CC1)C(CN)c1ccc2c(c1)CCN2C. The van der Waals surface area contributed by atoms with E-state index in [4.69, 9.17) is 10.5 Å². The Bertz CT molecular complexity index is 487. The van der Waals surface area contributed by atoms with E-state index in [0.29, 0.717) is 18.6 Å². The second kappa shape index (κ2) is 6.34. The molecule has 4 heteroatoms. The van der Waals surface area contributed by atoms with Gasteiger partial charge in [-0.1, -0.05) is 12.1 Å². The third-order valence-electron chi connectivity index (χ3n) is 4.81. The molecule has 1 aliphatic heterocycles. The molecular formula is C17H27N3O. The lowest BCUT2D eigenvalue weighted by Crippen LogP contribution is -2.37. The molecule has 1 aromatic rings. The van der Waals surface area contributed by atoms with E-state index in [-0.39, 0.29) is 0 Å². The van der Waals surface area contributed by atoms with Crippen LogP contribution in [-0.4, -0.2) is 51.3 Å². The number of hydrogen-bond donors (Lipinski definition) is 1. The van der Waals surface area contributed by atoms with Gasteiger partial charge in [-0.2, -0.15) is 0 Å². The molecule has 0 spiro atoms. The Hall–Kier alpha value is -1.10. The van der Waals surface area contributed by atoms with Gasteiger partial charge in [0.2, 0.25) is 0 Å². The van der Waals surface area contributed by atoms with Crippen molar-refractivity contribution in [3.05, 3.63) is 29.3 Å². The van der Waals surface area contributed by atoms with E-state index in [1.54, 1.807) is 7.11 Å². The summed E-state index contributed by atoms with van der Waals surface area (Å²) in [5, 5.41) is 0. The Morgan fingerprint density at radius 1 is 1.43 bits per heavy atom. The standard InChI is InChI=1S/C17H27N3O/c1-19-8-7-14-11-13(3-6-16(14)19)17(12-18)20(9-10-21-2)15-4-5-15/h3,6,11,15,17H,4-5,7-10,12,18H2,1-2H3. The van der Waals surface area contributed by atoms with Gasteiger partial charge in [-0.15, -0.1) is 0 Å². The first kappa shape index (κ1) is 14.8. The predicted molar refractivity (Wildman–Crippen MR) is 86.8 cm³/mol. The Labute approximate surface area is 127 Å². The Morgan fingerprint density at radius 2 is 2.24 bits per heavy atom. The number of fused-ring (bicyclic) bond motifs is 1. The summed E-state index contributed by atoms with van der Waals surface area (Å²) in [6.07, 6.45) is 3.75. The highest BCUT2D eigenvalue weighted by molar-refractivity contribution is 5.58. The van der Waals surface area contributed by atoms with Gasteiger partial charge in [0.15, 0.2) is 0 Å². The van der Waals surface area contributed by atoms with Crippen molar-refractivity contribution in [1.29, 1.82) is 0 Å². The summed E-state index contributed by atoms with van der Waals surface area (Å²) in [5.41, 5.74) is 10.3. The normalized spacial score (nSPS) is 19.1. The maximum Gasteiger partial charge on any atom is 0.0590 e. The zero-order valence-corrected chi connectivity index (χ0v) is 13.2. The number of likely N-dealkylation sites (N-methyl/N-ethyl adjacent to an activating group) is 1. The predicted octanol–water partition coefficient (Wildman–Crippen LogP) is 1.79. The van der Waals surface area contributed by atoms with Gasteiger partial charge in [0.05, 0.1) is 6.61 Å². The molecule has 0 radical (unpaired) electrons. The number of ether oxygens (including phenoxy) is 1. The number of rotatable bonds is 7. The zero-order valence-electron chi connectivity index (χ0n) is 13.2. The average molecular weight is 289 g/mol. The second-order valence-electron chi connectivity index (χ2n) is 6.27. The van der Waals surface area contributed by atoms with Crippen molar-refractivity contribution in [2.24, 2.45) is 5.73 Å². The van der Waals surface area contributed by atoms with E-state index >= 15 is 0 Å². The van der Waals surface area contributed by atoms with Crippen LogP contribution in [0, 0.1) is 0 Å². The van der Waals surface area contributed by atoms with Crippen LogP contribution >= 0.6 is 0 Å². The first-order valence-electron chi connectivity index (χ1n) is 8.03. The lowest BCUT2D eigenvalue weighted by Gasteiger charge is -2.31. The van der Waals surface area contributed by atoms with Crippen LogP contribution in [0.2, 0.25) is 0 Å². The van der Waals surface area contributed by atoms with Crippen LogP contribution in [0.3, 0.4) is 0 Å². The van der Waals surface area contributed by atoms with Crippen LogP contribution in [0.5, 0.6) is 0 Å². The fraction of sp³-hybridized carbons (Fsp3) is 0.647. The highest BCUT2D eigenvalue weighted by Crippen LogP contribution is 2.36. The van der Waals surface area contributed by atoms with Gasteiger partial charge in [-0.3, -0.25) is 4.90 Å². The maximum atomic E-state index is 6.12. The quantitative estimate of drug-likeness (QED) is 0.831. The number of anilines is 1. The molecule has 21 heavy (non-hydrogen) atoms. The van der Waals surface area contributed by atoms with Gasteiger partial charge >= 0.3 is 0 Å². The first-order chi connectivity index (χ1) is 10.2. The van der Waals surface area contributed by atoms with Crippen molar-refractivity contribution >= 4 is 5.69 Å². The average Bonchev–Trinajstić information content (AvgIpc) is 3.28. The second-order valence-corrected chi connectivity index (χ2v) is 6.27. The molecule has 2 N–H and O–H groups in total. The number of benzene rings is 1. The van der Waals surface area contributed by atoms with E-state index in [9.17, 15) is 0 Å². The van der Waals surface area contributed by atoms with Gasteiger partial charge in [0.1, 0.15) is 0 Å². The number of nitrogens with two attached hydrogens (primary N) is 1. The minimum absolute atomic E-state index is 0.323. The van der Waals surface area contributed by atoms with E-state index in [1.807, 2.05) is 0 Å². The van der Waals surface area contributed by atoms with Crippen LogP contribution in [0.4, 0.5) is 5.69 Å². The molecule has 1 aliphatic carbocycles. The van der Waals surface area contributed by atoms with Gasteiger partial charge in [-0.25, -0.2) is 0 Å². The van der Waals surface area contributed by atoms with E-state index < -0.39 is 0 Å². The highest BCUT2D eigenvalue weighted by atomic mass is 16.5. The molecule has 1 aromatic carbocycles. The summed E-state index contributed by atoms with van der Waals surface area (Å²) in [7, 11) is 3.94. The molecular weight excluding hydrogens is 262 g/mol. The first-order valence-corrected chi connectivity index (χ1v) is 8.03. The lowest BCUT2D eigenvalue weighted by atomic mass is 10.0. The third-order valence-corrected chi connectivity index (χ3v) is 4.81. The number of methoxy groups -OCH3 is 1. The largest absolute Gasteiger partial charge is 0.383 e. The van der Waals surface area contributed by atoms with E-state index in [2.05, 4.69) is 35.0 Å². The Balaban J connectivity index is 1.81. The summed E-state index contributed by atoms with van der Waals surface area (Å²) in [6, 6.07) is 7.93. The van der Waals surface area contributed by atoms with Gasteiger partial charge in [-0.05, 0) is 36.5 Å². The molecule has 0 saturated heterocycles. The molecule has 3 rings (SSSR count). The van der Waals surface area contributed by atoms with Crippen molar-refractivity contribution in [3.8, 4) is 0 Å². The minimum atomic E-state index is 0.323. The van der Waals surface area contributed by atoms with Crippen molar-refractivity contribution in [1.82, 2.24) is 4.90 Å². The third kappa shape index (κ3) is 3.07. The zero-order chi connectivity index (χ0) is 14.8. The maximum absolute atomic E-state index is 6.12. The summed E-state index contributed by atoms with van der Waals surface area (Å²) in [5.74, 6) is 0. The fourth-order valence-corrected chi connectivity index (χ4v) is 3.45. The molecule has 1 heterocycles. The molecule has 1 unspecified atom stereocenters. The van der Waals surface area contributed by atoms with Crippen molar-refractivity contribution in [2.45, 2.75) is 31.3 Å².